The maximum Gasteiger partial charge on any atom is 0.345 e. The van der Waals surface area contributed by atoms with Gasteiger partial charge in [0.2, 0.25) is 0 Å². The maximum absolute atomic E-state index is 13.7. The van der Waals surface area contributed by atoms with Gasteiger partial charge in [0.25, 0.3) is 11.8 Å². The van der Waals surface area contributed by atoms with Crippen molar-refractivity contribution in [1.29, 1.82) is 0 Å². The van der Waals surface area contributed by atoms with E-state index in [1.165, 1.54) is 20.1 Å². The van der Waals surface area contributed by atoms with Gasteiger partial charge in [0.1, 0.15) is 23.8 Å². The Hall–Kier alpha value is -5.35. The Labute approximate surface area is 432 Å². The molecule has 0 unspecified atom stereocenters. The van der Waals surface area contributed by atoms with Crippen LogP contribution in [0.2, 0.25) is 0 Å². The fourth-order valence-electron chi connectivity index (χ4n) is 9.61. The first-order chi connectivity index (χ1) is 34.9. The van der Waals surface area contributed by atoms with Crippen LogP contribution in [0.25, 0.3) is 10.4 Å². The number of nitrogens with zero attached hydrogens (tertiary/aromatic N) is 4. The van der Waals surface area contributed by atoms with Crippen LogP contribution in [0.4, 0.5) is 10.1 Å². The number of methoxy groups -OCH3 is 1. The zero-order valence-corrected chi connectivity index (χ0v) is 44.3. The third-order valence-electron chi connectivity index (χ3n) is 14.7. The Kier molecular flexibility index (Phi) is 23.6. The van der Waals surface area contributed by atoms with Gasteiger partial charge in [-0.1, -0.05) is 58.7 Å². The lowest BCUT2D eigenvalue weighted by Crippen LogP contribution is -2.53. The summed E-state index contributed by atoms with van der Waals surface area (Å²) in [6.07, 6.45) is -1.91. The van der Waals surface area contributed by atoms with Gasteiger partial charge >= 0.3 is 17.9 Å². The Balaban J connectivity index is 1.20. The topological polar surface area (TPSA) is 304 Å². The van der Waals surface area contributed by atoms with Crippen molar-refractivity contribution in [2.75, 3.05) is 26.8 Å². The number of azide groups is 1. The fraction of sp³-hybridized carbons (Fsp3) is 0.712. The fourth-order valence-corrected chi connectivity index (χ4v) is 9.61. The highest BCUT2D eigenvalue weighted by atomic mass is 19.1. The number of hydrogen-bond acceptors (Lipinski definition) is 17. The van der Waals surface area contributed by atoms with Crippen LogP contribution < -0.4 is 10.6 Å². The van der Waals surface area contributed by atoms with Crippen LogP contribution >= 0.6 is 0 Å². The second-order valence-corrected chi connectivity index (χ2v) is 20.6. The number of oxime groups is 1. The molecule has 1 aromatic carbocycles. The molecule has 0 saturated carbocycles. The molecule has 21 nitrogen and oxygen atoms in total. The number of ether oxygens (including phenoxy) is 5. The molecule has 2 saturated heterocycles. The van der Waals surface area contributed by atoms with Crippen molar-refractivity contribution in [2.24, 2.45) is 45.8 Å². The van der Waals surface area contributed by atoms with Crippen LogP contribution in [-0.2, 0) is 52.5 Å². The molecule has 3 heterocycles. The van der Waals surface area contributed by atoms with E-state index in [-0.39, 0.29) is 72.1 Å². The van der Waals surface area contributed by atoms with Gasteiger partial charge < -0.3 is 54.5 Å². The van der Waals surface area contributed by atoms with E-state index in [0.29, 0.717) is 24.5 Å². The zero-order chi connectivity index (χ0) is 55.0. The summed E-state index contributed by atoms with van der Waals surface area (Å²) >= 11 is 0. The third kappa shape index (κ3) is 17.1. The number of rotatable bonds is 28. The molecule has 1 aromatic rings. The highest BCUT2D eigenvalue weighted by Crippen LogP contribution is 2.46. The molecule has 5 N–H and O–H groups in total. The number of nitrogens with one attached hydrogen (secondary N) is 2. The van der Waals surface area contributed by atoms with Gasteiger partial charge in [-0.3, -0.25) is 19.2 Å². The predicted octanol–water partition coefficient (Wildman–Crippen LogP) is 6.22. The van der Waals surface area contributed by atoms with E-state index in [2.05, 4.69) is 51.3 Å². The second-order valence-electron chi connectivity index (χ2n) is 20.6. The minimum Gasteiger partial charge on any atom is -0.459 e. The molecule has 3 aliphatic rings. The average molecular weight is 1050 g/mol. The number of carbonyl (C=O) groups excluding carboxylic acids is 6. The first-order valence-electron chi connectivity index (χ1n) is 25.6. The molecular weight excluding hydrogens is 968 g/mol. The van der Waals surface area contributed by atoms with Gasteiger partial charge in [0.15, 0.2) is 12.4 Å². The largest absolute Gasteiger partial charge is 0.459 e. The lowest BCUT2D eigenvalue weighted by atomic mass is 9.79. The average Bonchev–Trinajstić information content (AvgIpc) is 3.62. The summed E-state index contributed by atoms with van der Waals surface area (Å²) in [5.41, 5.74) is 8.65. The molecule has 22 heteroatoms. The van der Waals surface area contributed by atoms with Crippen LogP contribution in [0.3, 0.4) is 0 Å². The minimum absolute atomic E-state index is 0.0137. The van der Waals surface area contributed by atoms with Gasteiger partial charge in [-0.25, -0.2) is 14.0 Å². The van der Waals surface area contributed by atoms with E-state index in [1.54, 1.807) is 20.8 Å². The Morgan fingerprint density at radius 2 is 1.59 bits per heavy atom. The first kappa shape index (κ1) is 61.2. The number of carbonyl (C=O) groups is 6. The SMILES string of the molecule is CO[C@@H]([C@H](O)CC(=O)[C@@H](C)[C@@H](O)CC[C@@H](C)[C@@H]1O[C@]2(CC[C@@H](C)[C@H](CC[C@H](C)/C(C)=N/OCC(=O)NCCNC(=O)c3ccc(F)c(N=[N+]=[N-])c3)O2)CC[C@@H]1C)[C@H](OC(=O)C[C@@H](O)C1=C(C)C(=O)OC1=O)C(C)C. The number of aliphatic hydroxyl groups excluding tert-OH is 3. The normalized spacial score (nSPS) is 24.4. The number of esters is 3. The number of aliphatic hydroxyl groups is 3. The van der Waals surface area contributed by atoms with Crippen LogP contribution in [0.5, 0.6) is 0 Å². The lowest BCUT2D eigenvalue weighted by molar-refractivity contribution is -0.338. The molecule has 0 aromatic heterocycles. The van der Waals surface area contributed by atoms with Crippen LogP contribution in [0.1, 0.15) is 137 Å². The highest BCUT2D eigenvalue weighted by molar-refractivity contribution is 6.12. The van der Waals surface area contributed by atoms with Gasteiger partial charge in [-0.15, -0.1) is 0 Å². The van der Waals surface area contributed by atoms with Crippen molar-refractivity contribution in [3.05, 3.63) is 51.2 Å². The summed E-state index contributed by atoms with van der Waals surface area (Å²) in [5, 5.41) is 45.7. The van der Waals surface area contributed by atoms with Gasteiger partial charge in [-0.2, -0.15) is 0 Å². The maximum atomic E-state index is 13.7. The van der Waals surface area contributed by atoms with E-state index in [0.717, 1.165) is 50.7 Å². The van der Waals surface area contributed by atoms with Gasteiger partial charge in [-0.05, 0) is 106 Å². The minimum atomic E-state index is -1.66. The summed E-state index contributed by atoms with van der Waals surface area (Å²) in [7, 11) is 1.30. The number of hydrogen-bond donors (Lipinski definition) is 5. The molecule has 74 heavy (non-hydrogen) atoms. The molecule has 2 amide bonds. The summed E-state index contributed by atoms with van der Waals surface area (Å²) in [5.74, 6) is -6.45. The summed E-state index contributed by atoms with van der Waals surface area (Å²) in [4.78, 5) is 82.8. The van der Waals surface area contributed by atoms with E-state index in [4.69, 9.17) is 29.3 Å². The first-order valence-corrected chi connectivity index (χ1v) is 25.6. The zero-order valence-electron chi connectivity index (χ0n) is 44.3. The van der Waals surface area contributed by atoms with Gasteiger partial charge in [0, 0.05) is 61.4 Å². The highest BCUT2D eigenvalue weighted by Gasteiger charge is 2.48. The Morgan fingerprint density at radius 1 is 0.919 bits per heavy atom. The quantitative estimate of drug-likeness (QED) is 0.00910. The summed E-state index contributed by atoms with van der Waals surface area (Å²) < 4.78 is 43.1. The molecule has 2 fully saturated rings. The van der Waals surface area contributed by atoms with Crippen molar-refractivity contribution in [2.45, 2.75) is 175 Å². The van der Waals surface area contributed by atoms with Gasteiger partial charge in [0.05, 0.1) is 53.9 Å². The lowest BCUT2D eigenvalue weighted by Gasteiger charge is -2.51. The predicted molar refractivity (Wildman–Crippen MR) is 266 cm³/mol. The molecule has 412 valence electrons. The molecule has 4 rings (SSSR count). The van der Waals surface area contributed by atoms with Crippen LogP contribution in [0.15, 0.2) is 39.6 Å². The Bertz CT molecular complexity index is 2250. The van der Waals surface area contributed by atoms with Crippen molar-refractivity contribution < 1.29 is 77.0 Å². The molecule has 0 aliphatic carbocycles. The van der Waals surface area contributed by atoms with Crippen molar-refractivity contribution in [3.8, 4) is 0 Å². The molecule has 3 aliphatic heterocycles. The monoisotopic (exact) mass is 1040 g/mol. The van der Waals surface area contributed by atoms with Crippen LogP contribution in [-0.4, -0.2) is 132 Å². The smallest absolute Gasteiger partial charge is 0.345 e. The van der Waals surface area contributed by atoms with Crippen molar-refractivity contribution in [3.63, 3.8) is 0 Å². The molecule has 0 radical (unpaired) electrons. The number of amides is 2. The number of benzene rings is 1. The van der Waals surface area contributed by atoms with Crippen molar-refractivity contribution >= 4 is 46.9 Å². The molecule has 0 bridgehead atoms. The number of Topliss-reactive ketones (excluding diaryl/α,β-unsaturated/α-hetero) is 1. The molecule has 13 atom stereocenters. The number of ketones is 1. The second kappa shape index (κ2) is 28.5. The summed E-state index contributed by atoms with van der Waals surface area (Å²) in [6, 6.07) is 3.41. The Morgan fingerprint density at radius 3 is 2.23 bits per heavy atom. The third-order valence-corrected chi connectivity index (χ3v) is 14.7. The molecule has 1 spiro atoms. The van der Waals surface area contributed by atoms with E-state index >= 15 is 0 Å². The van der Waals surface area contributed by atoms with Crippen LogP contribution in [0, 0.1) is 41.3 Å². The number of halogens is 1. The molecular formula is C52H77FN6O15. The van der Waals surface area contributed by atoms with Crippen molar-refractivity contribution in [1.82, 2.24) is 10.6 Å². The van der Waals surface area contributed by atoms with E-state index in [9.17, 15) is 48.5 Å². The van der Waals surface area contributed by atoms with E-state index in [1.807, 2.05) is 13.8 Å². The number of cyclic esters (lactones) is 2. The van der Waals surface area contributed by atoms with E-state index < -0.39 is 102 Å². The standard InChI is InChI=1S/C52H77FN6O15/c1-27(2)46(71-44(65)25-40(62)45-33(8)50(67)72-51(45)68)48(69-10)41(63)24-39(61)32(7)38(60)15-11-30(5)47-31(6)18-20-52(74-47)19-17-29(4)42(73-52)16-12-28(3)34(9)58-70-26-43(64)55-21-22-56-49(66)35-13-14-36(53)37(23-35)57-59-54/h13-14,23,27-32,38,40-42,46-48,60,62-63H,11-12,15-22,24-26H2,1-10H3,(H,55,64)(H,56,66)/b58-34+/t28-,29+,30+,31-,32-,38-,40+,41+,42-,46+,47-,48-,52+/m0/s1. The summed E-state index contributed by atoms with van der Waals surface area (Å²) in [6.45, 7) is 16.5.